The average Bonchev–Trinajstić information content (AvgIpc) is 2.34. The molecule has 1 unspecified atom stereocenters. The summed E-state index contributed by atoms with van der Waals surface area (Å²) in [4.78, 5) is 4.52. The monoisotopic (exact) mass is 169 g/mol. The van der Waals surface area contributed by atoms with Crippen LogP contribution in [-0.2, 0) is 4.74 Å². The highest BCUT2D eigenvalue weighted by Gasteiger charge is 2.21. The summed E-state index contributed by atoms with van der Waals surface area (Å²) in [7, 11) is 0. The molecule has 0 aromatic carbocycles. The fraction of sp³-hybridized carbons (Fsp3) is 0.900. The van der Waals surface area contributed by atoms with Gasteiger partial charge in [-0.2, -0.15) is 0 Å². The zero-order valence-electron chi connectivity index (χ0n) is 8.50. The molecule has 0 amide bonds. The second kappa shape index (κ2) is 3.92. The smallest absolute Gasteiger partial charge is 0.183 e. The molecular formula is C10H19NO. The van der Waals surface area contributed by atoms with Crippen molar-refractivity contribution in [3.8, 4) is 0 Å². The van der Waals surface area contributed by atoms with E-state index in [2.05, 4.69) is 32.7 Å². The van der Waals surface area contributed by atoms with Gasteiger partial charge in [-0.05, 0) is 11.8 Å². The molecule has 0 saturated heterocycles. The molecule has 1 rings (SSSR count). The Morgan fingerprint density at radius 2 is 2.08 bits per heavy atom. The van der Waals surface area contributed by atoms with Crippen LogP contribution in [0.25, 0.3) is 0 Å². The Labute approximate surface area is 75.0 Å². The minimum atomic E-state index is 0.402. The quantitative estimate of drug-likeness (QED) is 0.636. The Kier molecular flexibility index (Phi) is 3.12. The molecule has 0 fully saturated rings. The number of ether oxygens (including phenoxy) is 1. The van der Waals surface area contributed by atoms with Crippen molar-refractivity contribution in [1.29, 1.82) is 0 Å². The third-order valence-electron chi connectivity index (χ3n) is 2.08. The van der Waals surface area contributed by atoms with Gasteiger partial charge in [0.2, 0.25) is 0 Å². The van der Waals surface area contributed by atoms with Crippen molar-refractivity contribution in [1.82, 2.24) is 0 Å². The van der Waals surface area contributed by atoms with Crippen molar-refractivity contribution in [3.63, 3.8) is 0 Å². The maximum absolute atomic E-state index is 5.49. The van der Waals surface area contributed by atoms with Gasteiger partial charge in [0.05, 0.1) is 6.04 Å². The van der Waals surface area contributed by atoms with E-state index in [1.807, 2.05) is 0 Å². The summed E-state index contributed by atoms with van der Waals surface area (Å²) in [5, 5.41) is 0. The fourth-order valence-corrected chi connectivity index (χ4v) is 1.24. The van der Waals surface area contributed by atoms with Crippen LogP contribution in [0.1, 0.15) is 34.1 Å². The van der Waals surface area contributed by atoms with Gasteiger partial charge < -0.3 is 4.74 Å². The van der Waals surface area contributed by atoms with Crippen LogP contribution >= 0.6 is 0 Å². The molecule has 70 valence electrons. The molecule has 1 aliphatic heterocycles. The van der Waals surface area contributed by atoms with Crippen molar-refractivity contribution in [2.75, 3.05) is 6.61 Å². The first-order valence-electron chi connectivity index (χ1n) is 4.79. The van der Waals surface area contributed by atoms with Crippen molar-refractivity contribution in [2.24, 2.45) is 16.8 Å². The lowest BCUT2D eigenvalue weighted by Gasteiger charge is -2.06. The van der Waals surface area contributed by atoms with Crippen LogP contribution in [0.15, 0.2) is 4.99 Å². The van der Waals surface area contributed by atoms with Crippen LogP contribution < -0.4 is 0 Å². The lowest BCUT2D eigenvalue weighted by molar-refractivity contribution is 0.283. The molecule has 0 radical (unpaired) electrons. The Morgan fingerprint density at radius 1 is 1.42 bits per heavy atom. The summed E-state index contributed by atoms with van der Waals surface area (Å²) in [5.41, 5.74) is 0. The zero-order valence-corrected chi connectivity index (χ0v) is 8.50. The first-order chi connectivity index (χ1) is 5.59. The van der Waals surface area contributed by atoms with Crippen LogP contribution in [0.5, 0.6) is 0 Å². The normalized spacial score (nSPS) is 23.2. The first kappa shape index (κ1) is 9.56. The zero-order chi connectivity index (χ0) is 9.14. The van der Waals surface area contributed by atoms with Gasteiger partial charge in [-0.25, -0.2) is 4.99 Å². The third kappa shape index (κ3) is 2.50. The summed E-state index contributed by atoms with van der Waals surface area (Å²) in [6, 6.07) is 0.402. The topological polar surface area (TPSA) is 21.6 Å². The molecule has 0 spiro atoms. The lowest BCUT2D eigenvalue weighted by Crippen LogP contribution is -2.13. The SMILES string of the molecule is CC(C)CC1=NC(C(C)C)CO1. The second-order valence-corrected chi connectivity index (χ2v) is 4.24. The molecule has 0 bridgehead atoms. The molecule has 1 aliphatic rings. The van der Waals surface area contributed by atoms with Crippen molar-refractivity contribution >= 4 is 5.90 Å². The van der Waals surface area contributed by atoms with E-state index in [4.69, 9.17) is 4.74 Å². The summed E-state index contributed by atoms with van der Waals surface area (Å²) >= 11 is 0. The van der Waals surface area contributed by atoms with Gasteiger partial charge in [-0.1, -0.05) is 27.7 Å². The van der Waals surface area contributed by atoms with Crippen LogP contribution in [0.3, 0.4) is 0 Å². The Balaban J connectivity index is 2.43. The number of aliphatic imine (C=N–C) groups is 1. The van der Waals surface area contributed by atoms with Gasteiger partial charge >= 0.3 is 0 Å². The standard InChI is InChI=1S/C10H19NO/c1-7(2)5-10-11-9(6-12-10)8(3)4/h7-9H,5-6H2,1-4H3. The average molecular weight is 169 g/mol. The predicted molar refractivity (Wildman–Crippen MR) is 51.5 cm³/mol. The molecule has 0 aromatic heterocycles. The Hall–Kier alpha value is -0.530. The van der Waals surface area contributed by atoms with E-state index in [0.717, 1.165) is 18.9 Å². The van der Waals surface area contributed by atoms with E-state index in [0.29, 0.717) is 17.9 Å². The molecule has 2 heteroatoms. The molecule has 0 N–H and O–H groups in total. The summed E-state index contributed by atoms with van der Waals surface area (Å²) in [5.74, 6) is 2.22. The van der Waals surface area contributed by atoms with E-state index < -0.39 is 0 Å². The molecule has 1 heterocycles. The van der Waals surface area contributed by atoms with Crippen molar-refractivity contribution in [2.45, 2.75) is 40.2 Å². The van der Waals surface area contributed by atoms with Gasteiger partial charge in [0.15, 0.2) is 5.90 Å². The van der Waals surface area contributed by atoms with Gasteiger partial charge in [-0.3, -0.25) is 0 Å². The maximum Gasteiger partial charge on any atom is 0.183 e. The number of nitrogens with zero attached hydrogens (tertiary/aromatic N) is 1. The van der Waals surface area contributed by atoms with E-state index >= 15 is 0 Å². The summed E-state index contributed by atoms with van der Waals surface area (Å²) in [6.07, 6.45) is 0.989. The van der Waals surface area contributed by atoms with Crippen LogP contribution in [0.4, 0.5) is 0 Å². The largest absolute Gasteiger partial charge is 0.479 e. The van der Waals surface area contributed by atoms with Gasteiger partial charge in [0.1, 0.15) is 6.61 Å². The van der Waals surface area contributed by atoms with Crippen molar-refractivity contribution < 1.29 is 4.74 Å². The van der Waals surface area contributed by atoms with E-state index in [1.54, 1.807) is 0 Å². The highest BCUT2D eigenvalue weighted by molar-refractivity contribution is 5.77. The molecular weight excluding hydrogens is 150 g/mol. The molecule has 1 atom stereocenters. The van der Waals surface area contributed by atoms with Gasteiger partial charge in [-0.15, -0.1) is 0 Å². The minimum absolute atomic E-state index is 0.402. The van der Waals surface area contributed by atoms with Crippen LogP contribution in [0.2, 0.25) is 0 Å². The predicted octanol–water partition coefficient (Wildman–Crippen LogP) is 2.49. The lowest BCUT2D eigenvalue weighted by atomic mass is 10.1. The molecule has 0 saturated carbocycles. The summed E-state index contributed by atoms with van der Waals surface area (Å²) < 4.78 is 5.49. The van der Waals surface area contributed by atoms with E-state index in [1.165, 1.54) is 0 Å². The maximum atomic E-state index is 5.49. The highest BCUT2D eigenvalue weighted by Crippen LogP contribution is 2.16. The number of rotatable bonds is 3. The minimum Gasteiger partial charge on any atom is -0.479 e. The van der Waals surface area contributed by atoms with Crippen LogP contribution in [0, 0.1) is 11.8 Å². The van der Waals surface area contributed by atoms with Crippen LogP contribution in [-0.4, -0.2) is 18.5 Å². The molecule has 0 aromatic rings. The molecule has 12 heavy (non-hydrogen) atoms. The second-order valence-electron chi connectivity index (χ2n) is 4.24. The fourth-order valence-electron chi connectivity index (χ4n) is 1.24. The number of hydrogen-bond acceptors (Lipinski definition) is 2. The van der Waals surface area contributed by atoms with E-state index in [9.17, 15) is 0 Å². The van der Waals surface area contributed by atoms with Gasteiger partial charge in [0.25, 0.3) is 0 Å². The molecule has 2 nitrogen and oxygen atoms in total. The van der Waals surface area contributed by atoms with E-state index in [-0.39, 0.29) is 0 Å². The number of hydrogen-bond donors (Lipinski definition) is 0. The Morgan fingerprint density at radius 3 is 2.50 bits per heavy atom. The molecule has 0 aliphatic carbocycles. The Bertz CT molecular complexity index is 173. The van der Waals surface area contributed by atoms with Gasteiger partial charge in [0, 0.05) is 6.42 Å². The third-order valence-corrected chi connectivity index (χ3v) is 2.08. The summed E-state index contributed by atoms with van der Waals surface area (Å²) in [6.45, 7) is 9.55. The first-order valence-corrected chi connectivity index (χ1v) is 4.79. The van der Waals surface area contributed by atoms with Crippen molar-refractivity contribution in [3.05, 3.63) is 0 Å². The highest BCUT2D eigenvalue weighted by atomic mass is 16.5.